The van der Waals surface area contributed by atoms with Gasteiger partial charge in [-0.3, -0.25) is 4.79 Å². The molecule has 0 aliphatic heterocycles. The standard InChI is InChI=1S/C21H18ClNO2/c22-18-12-10-16(11-13-18)14-23-21(24)20-9-5-4-6-17(20)15-25-19-7-2-1-3-8-19/h1-13H,14-15H2,(H,23,24). The molecule has 0 aliphatic rings. The van der Waals surface area contributed by atoms with Gasteiger partial charge in [0.2, 0.25) is 0 Å². The zero-order valence-electron chi connectivity index (χ0n) is 13.6. The Hall–Kier alpha value is -2.78. The Morgan fingerprint density at radius 2 is 1.56 bits per heavy atom. The van der Waals surface area contributed by atoms with Gasteiger partial charge in [0.05, 0.1) is 0 Å². The van der Waals surface area contributed by atoms with E-state index in [0.29, 0.717) is 23.7 Å². The molecule has 1 N–H and O–H groups in total. The van der Waals surface area contributed by atoms with Crippen LogP contribution in [0.1, 0.15) is 21.5 Å². The van der Waals surface area contributed by atoms with Crippen molar-refractivity contribution >= 4 is 17.5 Å². The molecule has 126 valence electrons. The second-order valence-electron chi connectivity index (χ2n) is 5.57. The lowest BCUT2D eigenvalue weighted by Crippen LogP contribution is -2.24. The summed E-state index contributed by atoms with van der Waals surface area (Å²) < 4.78 is 5.76. The van der Waals surface area contributed by atoms with Gasteiger partial charge in [0.1, 0.15) is 12.4 Å². The molecule has 0 aliphatic carbocycles. The number of ether oxygens (including phenoxy) is 1. The topological polar surface area (TPSA) is 38.3 Å². The number of carbonyl (C=O) groups excluding carboxylic acids is 1. The van der Waals surface area contributed by atoms with E-state index in [1.807, 2.05) is 72.8 Å². The summed E-state index contributed by atoms with van der Waals surface area (Å²) >= 11 is 5.88. The van der Waals surface area contributed by atoms with Gasteiger partial charge in [-0.15, -0.1) is 0 Å². The molecule has 3 nitrogen and oxygen atoms in total. The van der Waals surface area contributed by atoms with Crippen molar-refractivity contribution in [2.45, 2.75) is 13.2 Å². The molecule has 0 fully saturated rings. The van der Waals surface area contributed by atoms with Crippen LogP contribution in [0.2, 0.25) is 5.02 Å². The molecule has 0 aromatic heterocycles. The van der Waals surface area contributed by atoms with Crippen molar-refractivity contribution in [2.75, 3.05) is 0 Å². The second-order valence-corrected chi connectivity index (χ2v) is 6.00. The van der Waals surface area contributed by atoms with E-state index < -0.39 is 0 Å². The van der Waals surface area contributed by atoms with Gasteiger partial charge >= 0.3 is 0 Å². The molecule has 0 radical (unpaired) electrons. The Kier molecular flexibility index (Phi) is 5.70. The molecule has 0 saturated carbocycles. The molecule has 3 rings (SSSR count). The maximum absolute atomic E-state index is 12.5. The van der Waals surface area contributed by atoms with Crippen LogP contribution in [0, 0.1) is 0 Å². The number of carbonyl (C=O) groups is 1. The summed E-state index contributed by atoms with van der Waals surface area (Å²) in [7, 11) is 0. The molecular weight excluding hydrogens is 334 g/mol. The number of halogens is 1. The van der Waals surface area contributed by atoms with Crippen molar-refractivity contribution in [2.24, 2.45) is 0 Å². The Labute approximate surface area is 152 Å². The van der Waals surface area contributed by atoms with Gasteiger partial charge < -0.3 is 10.1 Å². The molecule has 0 spiro atoms. The first-order valence-corrected chi connectivity index (χ1v) is 8.38. The molecule has 25 heavy (non-hydrogen) atoms. The van der Waals surface area contributed by atoms with E-state index >= 15 is 0 Å². The van der Waals surface area contributed by atoms with Crippen molar-refractivity contribution in [3.63, 3.8) is 0 Å². The third-order valence-corrected chi connectivity index (χ3v) is 4.02. The number of para-hydroxylation sites is 1. The largest absolute Gasteiger partial charge is 0.489 e. The Bertz CT molecular complexity index is 832. The Balaban J connectivity index is 1.64. The highest BCUT2D eigenvalue weighted by molar-refractivity contribution is 6.30. The normalized spacial score (nSPS) is 10.3. The fourth-order valence-electron chi connectivity index (χ4n) is 2.43. The van der Waals surface area contributed by atoms with E-state index in [9.17, 15) is 4.79 Å². The fraction of sp³-hybridized carbons (Fsp3) is 0.0952. The highest BCUT2D eigenvalue weighted by Crippen LogP contribution is 2.15. The highest BCUT2D eigenvalue weighted by Gasteiger charge is 2.11. The zero-order valence-corrected chi connectivity index (χ0v) is 14.4. The van der Waals surface area contributed by atoms with Crippen molar-refractivity contribution in [3.8, 4) is 5.75 Å². The van der Waals surface area contributed by atoms with Crippen LogP contribution in [-0.2, 0) is 13.2 Å². The third kappa shape index (κ3) is 4.85. The summed E-state index contributed by atoms with van der Waals surface area (Å²) in [5.41, 5.74) is 2.46. The first-order chi connectivity index (χ1) is 12.2. The lowest BCUT2D eigenvalue weighted by molar-refractivity contribution is 0.0948. The molecule has 4 heteroatoms. The van der Waals surface area contributed by atoms with Gasteiger partial charge in [-0.2, -0.15) is 0 Å². The SMILES string of the molecule is O=C(NCc1ccc(Cl)cc1)c1ccccc1COc1ccccc1. The van der Waals surface area contributed by atoms with E-state index in [2.05, 4.69) is 5.32 Å². The summed E-state index contributed by atoms with van der Waals surface area (Å²) in [5.74, 6) is 0.654. The Morgan fingerprint density at radius 1 is 0.880 bits per heavy atom. The zero-order chi connectivity index (χ0) is 17.5. The van der Waals surface area contributed by atoms with E-state index in [0.717, 1.165) is 16.9 Å². The number of rotatable bonds is 6. The van der Waals surface area contributed by atoms with E-state index in [4.69, 9.17) is 16.3 Å². The van der Waals surface area contributed by atoms with E-state index in [1.54, 1.807) is 6.07 Å². The van der Waals surface area contributed by atoms with Crippen LogP contribution in [0.5, 0.6) is 5.75 Å². The molecule has 3 aromatic carbocycles. The minimum Gasteiger partial charge on any atom is -0.489 e. The van der Waals surface area contributed by atoms with Gasteiger partial charge in [-0.1, -0.05) is 60.1 Å². The minimum atomic E-state index is -0.123. The van der Waals surface area contributed by atoms with Crippen LogP contribution >= 0.6 is 11.6 Å². The number of benzene rings is 3. The van der Waals surface area contributed by atoms with Crippen LogP contribution < -0.4 is 10.1 Å². The number of hydrogen-bond acceptors (Lipinski definition) is 2. The van der Waals surface area contributed by atoms with Crippen LogP contribution in [-0.4, -0.2) is 5.91 Å². The van der Waals surface area contributed by atoms with Crippen LogP contribution in [0.4, 0.5) is 0 Å². The predicted octanol–water partition coefficient (Wildman–Crippen LogP) is 4.85. The summed E-state index contributed by atoms with van der Waals surface area (Å²) in [6, 6.07) is 24.4. The van der Waals surface area contributed by atoms with Crippen LogP contribution in [0.25, 0.3) is 0 Å². The van der Waals surface area contributed by atoms with Gasteiger partial charge in [0.15, 0.2) is 0 Å². The molecule has 3 aromatic rings. The average Bonchev–Trinajstić information content (AvgIpc) is 2.67. The van der Waals surface area contributed by atoms with Gasteiger partial charge in [0.25, 0.3) is 5.91 Å². The smallest absolute Gasteiger partial charge is 0.251 e. The summed E-state index contributed by atoms with van der Waals surface area (Å²) in [6.45, 7) is 0.790. The number of nitrogens with one attached hydrogen (secondary N) is 1. The lowest BCUT2D eigenvalue weighted by Gasteiger charge is -2.11. The molecular formula is C21H18ClNO2. The maximum Gasteiger partial charge on any atom is 0.251 e. The predicted molar refractivity (Wildman–Crippen MR) is 99.8 cm³/mol. The van der Waals surface area contributed by atoms with E-state index in [-0.39, 0.29) is 5.91 Å². The first-order valence-electron chi connectivity index (χ1n) is 8.01. The molecule has 0 atom stereocenters. The monoisotopic (exact) mass is 351 g/mol. The Morgan fingerprint density at radius 3 is 2.32 bits per heavy atom. The fourth-order valence-corrected chi connectivity index (χ4v) is 2.55. The molecule has 0 bridgehead atoms. The first kappa shape index (κ1) is 17.1. The van der Waals surface area contributed by atoms with Gasteiger partial charge in [-0.05, 0) is 35.9 Å². The van der Waals surface area contributed by atoms with Gasteiger partial charge in [0, 0.05) is 22.7 Å². The van der Waals surface area contributed by atoms with Crippen molar-refractivity contribution in [1.82, 2.24) is 5.32 Å². The quantitative estimate of drug-likeness (QED) is 0.689. The van der Waals surface area contributed by atoms with Gasteiger partial charge in [-0.25, -0.2) is 0 Å². The van der Waals surface area contributed by atoms with Crippen molar-refractivity contribution in [1.29, 1.82) is 0 Å². The van der Waals surface area contributed by atoms with E-state index in [1.165, 1.54) is 0 Å². The third-order valence-electron chi connectivity index (χ3n) is 3.77. The molecule has 0 unspecified atom stereocenters. The highest BCUT2D eigenvalue weighted by atomic mass is 35.5. The second kappa shape index (κ2) is 8.36. The average molecular weight is 352 g/mol. The summed E-state index contributed by atoms with van der Waals surface area (Å²) in [4.78, 5) is 12.5. The molecule has 1 amide bonds. The van der Waals surface area contributed by atoms with Crippen LogP contribution in [0.3, 0.4) is 0 Å². The summed E-state index contributed by atoms with van der Waals surface area (Å²) in [5, 5.41) is 3.61. The summed E-state index contributed by atoms with van der Waals surface area (Å²) in [6.07, 6.45) is 0. The minimum absolute atomic E-state index is 0.123. The molecule has 0 heterocycles. The molecule has 0 saturated heterocycles. The van der Waals surface area contributed by atoms with Crippen molar-refractivity contribution in [3.05, 3.63) is 101 Å². The van der Waals surface area contributed by atoms with Crippen LogP contribution in [0.15, 0.2) is 78.9 Å². The van der Waals surface area contributed by atoms with Crippen molar-refractivity contribution < 1.29 is 9.53 Å². The maximum atomic E-state index is 12.5. The number of amides is 1. The lowest BCUT2D eigenvalue weighted by atomic mass is 10.1. The number of hydrogen-bond donors (Lipinski definition) is 1.